The number of hydrogen-bond donors (Lipinski definition) is 6. The molecule has 0 radical (unpaired) electrons. The zero-order valence-electron chi connectivity index (χ0n) is 10.7. The van der Waals surface area contributed by atoms with E-state index < -0.39 is 54.9 Å². The molecule has 0 aromatic rings. The Hall–Kier alpha value is -2.20. The van der Waals surface area contributed by atoms with Crippen LogP contribution in [0.4, 0.5) is 0 Å². The lowest BCUT2D eigenvalue weighted by atomic mass is 10.2. The predicted molar refractivity (Wildman–Crippen MR) is 64.5 cm³/mol. The highest BCUT2D eigenvalue weighted by molar-refractivity contribution is 5.92. The minimum absolute atomic E-state index is 0.718. The fourth-order valence-electron chi connectivity index (χ4n) is 1.14. The van der Waals surface area contributed by atoms with Crippen LogP contribution >= 0.6 is 0 Å². The highest BCUT2D eigenvalue weighted by atomic mass is 16.4. The molecule has 0 saturated carbocycles. The molecular weight excluding hydrogens is 274 g/mol. The van der Waals surface area contributed by atoms with E-state index in [0.29, 0.717) is 0 Å². The highest BCUT2D eigenvalue weighted by Gasteiger charge is 2.28. The molecule has 0 fully saturated rings. The Morgan fingerprint density at radius 3 is 1.90 bits per heavy atom. The van der Waals surface area contributed by atoms with Crippen molar-refractivity contribution >= 4 is 23.8 Å². The van der Waals surface area contributed by atoms with E-state index in [9.17, 15) is 19.2 Å². The standard InChI is InChI=1S/C10H17N3O7/c1-4(11)8(17)13-6(3-14)9(18)12-5(10(19)20)2-7(15)16/h4-6,14H,2-3,11H2,1H3,(H,12,18)(H,13,17)(H,15,16)(H,19,20)/t4-,5+,6+/m1/s1. The highest BCUT2D eigenvalue weighted by Crippen LogP contribution is 1.95. The fraction of sp³-hybridized carbons (Fsp3) is 0.600. The van der Waals surface area contributed by atoms with Gasteiger partial charge in [-0.2, -0.15) is 0 Å². The molecule has 0 aliphatic heterocycles. The van der Waals surface area contributed by atoms with Gasteiger partial charge in [-0.3, -0.25) is 14.4 Å². The van der Waals surface area contributed by atoms with E-state index in [1.165, 1.54) is 6.92 Å². The van der Waals surface area contributed by atoms with Crippen molar-refractivity contribution in [1.29, 1.82) is 0 Å². The maximum absolute atomic E-state index is 11.6. The first kappa shape index (κ1) is 17.8. The van der Waals surface area contributed by atoms with Crippen molar-refractivity contribution < 1.29 is 34.5 Å². The number of carboxylic acid groups (broad SMARTS) is 2. The van der Waals surface area contributed by atoms with Gasteiger partial charge in [-0.25, -0.2) is 4.79 Å². The monoisotopic (exact) mass is 291 g/mol. The smallest absolute Gasteiger partial charge is 0.326 e. The van der Waals surface area contributed by atoms with Crippen LogP contribution < -0.4 is 16.4 Å². The molecule has 114 valence electrons. The average Bonchev–Trinajstić information content (AvgIpc) is 2.33. The van der Waals surface area contributed by atoms with E-state index in [-0.39, 0.29) is 0 Å². The van der Waals surface area contributed by atoms with Crippen LogP contribution in [0.3, 0.4) is 0 Å². The molecule has 10 nitrogen and oxygen atoms in total. The van der Waals surface area contributed by atoms with Crippen LogP contribution in [-0.2, 0) is 19.2 Å². The number of aliphatic hydroxyl groups excluding tert-OH is 1. The molecule has 0 aliphatic carbocycles. The summed E-state index contributed by atoms with van der Waals surface area (Å²) in [5.74, 6) is -4.70. The Kier molecular flexibility index (Phi) is 7.18. The van der Waals surface area contributed by atoms with Crippen molar-refractivity contribution in [3.05, 3.63) is 0 Å². The number of carbonyl (C=O) groups is 4. The fourth-order valence-corrected chi connectivity index (χ4v) is 1.14. The third kappa shape index (κ3) is 6.11. The topological polar surface area (TPSA) is 179 Å². The second-order valence-corrected chi connectivity index (χ2v) is 4.03. The van der Waals surface area contributed by atoms with Gasteiger partial charge in [0.1, 0.15) is 12.1 Å². The first-order valence-electron chi connectivity index (χ1n) is 5.60. The van der Waals surface area contributed by atoms with Crippen molar-refractivity contribution in [2.45, 2.75) is 31.5 Å². The summed E-state index contributed by atoms with van der Waals surface area (Å²) in [6.07, 6.45) is -0.833. The second-order valence-electron chi connectivity index (χ2n) is 4.03. The number of hydrogen-bond acceptors (Lipinski definition) is 6. The number of amides is 2. The van der Waals surface area contributed by atoms with Gasteiger partial charge >= 0.3 is 11.9 Å². The molecule has 3 atom stereocenters. The molecular formula is C10H17N3O7. The predicted octanol–water partition coefficient (Wildman–Crippen LogP) is -3.15. The van der Waals surface area contributed by atoms with E-state index >= 15 is 0 Å². The Morgan fingerprint density at radius 1 is 1.05 bits per heavy atom. The van der Waals surface area contributed by atoms with Crippen molar-refractivity contribution in [1.82, 2.24) is 10.6 Å². The van der Waals surface area contributed by atoms with Gasteiger partial charge in [-0.05, 0) is 6.92 Å². The summed E-state index contributed by atoms with van der Waals surface area (Å²) in [5.41, 5.74) is 5.26. The van der Waals surface area contributed by atoms with E-state index in [2.05, 4.69) is 5.32 Å². The van der Waals surface area contributed by atoms with E-state index in [4.69, 9.17) is 21.1 Å². The Morgan fingerprint density at radius 2 is 1.55 bits per heavy atom. The molecule has 0 saturated heterocycles. The van der Waals surface area contributed by atoms with Crippen molar-refractivity contribution in [3.63, 3.8) is 0 Å². The first-order valence-corrected chi connectivity index (χ1v) is 5.60. The lowest BCUT2D eigenvalue weighted by molar-refractivity contribution is -0.147. The number of rotatable bonds is 8. The van der Waals surface area contributed by atoms with Crippen LogP contribution in [0.5, 0.6) is 0 Å². The molecule has 20 heavy (non-hydrogen) atoms. The summed E-state index contributed by atoms with van der Waals surface area (Å²) >= 11 is 0. The Bertz CT molecular complexity index is 396. The number of nitrogens with one attached hydrogen (secondary N) is 2. The summed E-state index contributed by atoms with van der Waals surface area (Å²) in [6, 6.07) is -4.00. The molecule has 10 heteroatoms. The average molecular weight is 291 g/mol. The van der Waals surface area contributed by atoms with E-state index in [0.717, 1.165) is 0 Å². The van der Waals surface area contributed by atoms with E-state index in [1.54, 1.807) is 0 Å². The molecule has 0 spiro atoms. The quantitative estimate of drug-likeness (QED) is 0.271. The number of carboxylic acids is 2. The van der Waals surface area contributed by atoms with Gasteiger partial charge in [0, 0.05) is 0 Å². The van der Waals surface area contributed by atoms with Crippen LogP contribution in [0.25, 0.3) is 0 Å². The van der Waals surface area contributed by atoms with Gasteiger partial charge in [0.15, 0.2) is 0 Å². The molecule has 0 bridgehead atoms. The minimum Gasteiger partial charge on any atom is -0.481 e. The summed E-state index contributed by atoms with van der Waals surface area (Å²) in [7, 11) is 0. The van der Waals surface area contributed by atoms with Gasteiger partial charge in [0.2, 0.25) is 11.8 Å². The molecule has 2 amide bonds. The lowest BCUT2D eigenvalue weighted by Gasteiger charge is -2.19. The zero-order chi connectivity index (χ0) is 15.9. The van der Waals surface area contributed by atoms with Crippen LogP contribution in [0.1, 0.15) is 13.3 Å². The van der Waals surface area contributed by atoms with E-state index in [1.807, 2.05) is 5.32 Å². The van der Waals surface area contributed by atoms with Crippen LogP contribution in [0.15, 0.2) is 0 Å². The summed E-state index contributed by atoms with van der Waals surface area (Å²) in [4.78, 5) is 44.1. The lowest BCUT2D eigenvalue weighted by Crippen LogP contribution is -2.55. The third-order valence-corrected chi connectivity index (χ3v) is 2.22. The number of aliphatic hydroxyl groups is 1. The minimum atomic E-state index is -1.67. The van der Waals surface area contributed by atoms with Crippen LogP contribution in [0.2, 0.25) is 0 Å². The normalized spacial score (nSPS) is 14.8. The molecule has 0 unspecified atom stereocenters. The largest absolute Gasteiger partial charge is 0.481 e. The second kappa shape index (κ2) is 8.07. The van der Waals surface area contributed by atoms with Gasteiger partial charge in [0.05, 0.1) is 19.1 Å². The maximum Gasteiger partial charge on any atom is 0.326 e. The number of carbonyl (C=O) groups excluding carboxylic acids is 2. The molecule has 0 heterocycles. The Balaban J connectivity index is 4.70. The molecule has 0 aromatic heterocycles. The zero-order valence-corrected chi connectivity index (χ0v) is 10.7. The number of nitrogens with two attached hydrogens (primary N) is 1. The van der Waals surface area contributed by atoms with Gasteiger partial charge in [-0.15, -0.1) is 0 Å². The summed E-state index contributed by atoms with van der Waals surface area (Å²) in [6.45, 7) is 0.565. The summed E-state index contributed by atoms with van der Waals surface area (Å²) < 4.78 is 0. The van der Waals surface area contributed by atoms with Crippen molar-refractivity contribution in [2.24, 2.45) is 5.73 Å². The van der Waals surface area contributed by atoms with Crippen LogP contribution in [0, 0.1) is 0 Å². The molecule has 0 rings (SSSR count). The Labute approximate surface area is 113 Å². The maximum atomic E-state index is 11.6. The van der Waals surface area contributed by atoms with Crippen molar-refractivity contribution in [3.8, 4) is 0 Å². The van der Waals surface area contributed by atoms with Gasteiger partial charge in [-0.1, -0.05) is 0 Å². The summed E-state index contributed by atoms with van der Waals surface area (Å²) in [5, 5.41) is 30.2. The first-order chi connectivity index (χ1) is 9.18. The van der Waals surface area contributed by atoms with Crippen LogP contribution in [-0.4, -0.2) is 63.8 Å². The van der Waals surface area contributed by atoms with Gasteiger partial charge in [0.25, 0.3) is 0 Å². The number of aliphatic carboxylic acids is 2. The van der Waals surface area contributed by atoms with Crippen molar-refractivity contribution in [2.75, 3.05) is 6.61 Å². The van der Waals surface area contributed by atoms with Gasteiger partial charge < -0.3 is 31.7 Å². The molecule has 0 aromatic carbocycles. The molecule has 0 aliphatic rings. The molecule has 7 N–H and O–H groups in total. The SMILES string of the molecule is C[C@@H](N)C(=O)N[C@@H](CO)C(=O)N[C@@H](CC(=O)O)C(=O)O. The third-order valence-electron chi connectivity index (χ3n) is 2.22.